The molecule has 0 unspecified atom stereocenters. The predicted molar refractivity (Wildman–Crippen MR) is 34.6 cm³/mol. The van der Waals surface area contributed by atoms with Crippen molar-refractivity contribution < 1.29 is 5.11 Å². The van der Waals surface area contributed by atoms with Crippen LogP contribution in [0.1, 0.15) is 11.7 Å². The van der Waals surface area contributed by atoms with Gasteiger partial charge in [-0.2, -0.15) is 0 Å². The van der Waals surface area contributed by atoms with E-state index in [1.54, 1.807) is 24.5 Å². The Hall–Kier alpha value is -0.890. The van der Waals surface area contributed by atoms with Gasteiger partial charge in [0.1, 0.15) is 0 Å². The average Bonchev–Trinajstić information content (AvgIpc) is 1.90. The Morgan fingerprint density at radius 3 is 2.78 bits per heavy atom. The Labute approximate surface area is 54.2 Å². The zero-order valence-electron chi connectivity index (χ0n) is 4.99. The number of rotatable bonds is 1. The van der Waals surface area contributed by atoms with Crippen molar-refractivity contribution >= 4 is 0 Å². The minimum absolute atomic E-state index is 0.654. The van der Waals surface area contributed by atoms with Crippen LogP contribution in [0, 0.1) is 6.92 Å². The largest absolute Gasteiger partial charge is 0.388 e. The zero-order valence-corrected chi connectivity index (χ0v) is 4.99. The van der Waals surface area contributed by atoms with E-state index in [1.165, 1.54) is 0 Å². The van der Waals surface area contributed by atoms with Gasteiger partial charge >= 0.3 is 0 Å². The first-order valence-corrected chi connectivity index (χ1v) is 2.72. The van der Waals surface area contributed by atoms with Crippen LogP contribution in [0.15, 0.2) is 24.5 Å². The standard InChI is InChI=1S/C7H8NO/c1-6(9)7-3-2-4-8-5-7/h2-6,9H,1H2/t6-/m0/s1. The van der Waals surface area contributed by atoms with E-state index in [0.717, 1.165) is 5.56 Å². The van der Waals surface area contributed by atoms with E-state index in [1.807, 2.05) is 0 Å². The van der Waals surface area contributed by atoms with E-state index >= 15 is 0 Å². The Balaban J connectivity index is 2.85. The summed E-state index contributed by atoms with van der Waals surface area (Å²) in [6.45, 7) is 3.42. The van der Waals surface area contributed by atoms with Gasteiger partial charge in [-0.3, -0.25) is 4.98 Å². The van der Waals surface area contributed by atoms with Crippen LogP contribution in [0.2, 0.25) is 0 Å². The Bertz CT molecular complexity index is 172. The summed E-state index contributed by atoms with van der Waals surface area (Å²) in [5.41, 5.74) is 0.748. The monoisotopic (exact) mass is 122 g/mol. The highest BCUT2D eigenvalue weighted by molar-refractivity contribution is 5.12. The maximum atomic E-state index is 8.87. The predicted octanol–water partition coefficient (Wildman–Crippen LogP) is 0.949. The lowest BCUT2D eigenvalue weighted by atomic mass is 10.2. The fourth-order valence-corrected chi connectivity index (χ4v) is 0.573. The summed E-state index contributed by atoms with van der Waals surface area (Å²) >= 11 is 0. The number of aliphatic hydroxyl groups excluding tert-OH is 1. The summed E-state index contributed by atoms with van der Waals surface area (Å²) in [7, 11) is 0. The van der Waals surface area contributed by atoms with Gasteiger partial charge in [-0.25, -0.2) is 0 Å². The normalized spacial score (nSPS) is 13.1. The van der Waals surface area contributed by atoms with E-state index < -0.39 is 6.10 Å². The van der Waals surface area contributed by atoms with Gasteiger partial charge in [0, 0.05) is 12.4 Å². The molecular weight excluding hydrogens is 114 g/mol. The van der Waals surface area contributed by atoms with Crippen LogP contribution in [-0.2, 0) is 0 Å². The van der Waals surface area contributed by atoms with Crippen molar-refractivity contribution in [3.63, 3.8) is 0 Å². The van der Waals surface area contributed by atoms with E-state index in [2.05, 4.69) is 11.9 Å². The molecule has 0 saturated carbocycles. The van der Waals surface area contributed by atoms with Crippen molar-refractivity contribution in [1.29, 1.82) is 0 Å². The Morgan fingerprint density at radius 2 is 2.44 bits per heavy atom. The Kier molecular flexibility index (Phi) is 1.80. The van der Waals surface area contributed by atoms with Gasteiger partial charge in [-0.1, -0.05) is 6.07 Å². The van der Waals surface area contributed by atoms with Gasteiger partial charge in [0.2, 0.25) is 0 Å². The zero-order chi connectivity index (χ0) is 6.69. The summed E-state index contributed by atoms with van der Waals surface area (Å²) in [5, 5.41) is 8.87. The molecular formula is C7H8NO. The molecule has 1 rings (SSSR count). The van der Waals surface area contributed by atoms with Crippen LogP contribution in [0.25, 0.3) is 0 Å². The molecule has 2 nitrogen and oxygen atoms in total. The topological polar surface area (TPSA) is 33.1 Å². The molecule has 1 N–H and O–H groups in total. The molecule has 1 radical (unpaired) electrons. The van der Waals surface area contributed by atoms with Crippen LogP contribution in [0.4, 0.5) is 0 Å². The molecule has 0 aliphatic rings. The number of aromatic nitrogens is 1. The van der Waals surface area contributed by atoms with Crippen molar-refractivity contribution in [2.75, 3.05) is 0 Å². The number of pyridine rings is 1. The molecule has 0 spiro atoms. The molecule has 1 aromatic rings. The van der Waals surface area contributed by atoms with Gasteiger partial charge < -0.3 is 5.11 Å². The van der Waals surface area contributed by atoms with E-state index in [-0.39, 0.29) is 0 Å². The highest BCUT2D eigenvalue weighted by Crippen LogP contribution is 2.06. The first-order chi connectivity index (χ1) is 4.30. The fraction of sp³-hybridized carbons (Fsp3) is 0.143. The van der Waals surface area contributed by atoms with Crippen LogP contribution < -0.4 is 0 Å². The number of hydrogen-bond acceptors (Lipinski definition) is 2. The molecule has 1 atom stereocenters. The van der Waals surface area contributed by atoms with Gasteiger partial charge in [0.25, 0.3) is 0 Å². The third-order valence-electron chi connectivity index (χ3n) is 1.07. The lowest BCUT2D eigenvalue weighted by Gasteiger charge is -1.99. The number of aliphatic hydroxyl groups is 1. The van der Waals surface area contributed by atoms with Gasteiger partial charge in [-0.05, 0) is 18.6 Å². The van der Waals surface area contributed by atoms with E-state index in [9.17, 15) is 0 Å². The number of nitrogens with zero attached hydrogens (tertiary/aromatic N) is 1. The summed E-state index contributed by atoms with van der Waals surface area (Å²) in [6.07, 6.45) is 2.60. The highest BCUT2D eigenvalue weighted by atomic mass is 16.3. The molecule has 0 aliphatic heterocycles. The second-order valence-corrected chi connectivity index (χ2v) is 1.80. The molecule has 47 valence electrons. The third kappa shape index (κ3) is 1.50. The molecule has 1 aromatic heterocycles. The molecule has 0 amide bonds. The molecule has 0 aliphatic carbocycles. The van der Waals surface area contributed by atoms with Crippen LogP contribution in [0.3, 0.4) is 0 Å². The van der Waals surface area contributed by atoms with Crippen molar-refractivity contribution in [1.82, 2.24) is 4.98 Å². The molecule has 2 heteroatoms. The summed E-state index contributed by atoms with van der Waals surface area (Å²) in [5.74, 6) is 0. The van der Waals surface area contributed by atoms with E-state index in [0.29, 0.717) is 0 Å². The minimum atomic E-state index is -0.654. The molecule has 1 heterocycles. The molecule has 0 aromatic carbocycles. The first-order valence-electron chi connectivity index (χ1n) is 2.72. The second-order valence-electron chi connectivity index (χ2n) is 1.80. The third-order valence-corrected chi connectivity index (χ3v) is 1.07. The fourth-order valence-electron chi connectivity index (χ4n) is 0.573. The first kappa shape index (κ1) is 6.23. The van der Waals surface area contributed by atoms with E-state index in [4.69, 9.17) is 5.11 Å². The lowest BCUT2D eigenvalue weighted by Crippen LogP contribution is -1.90. The summed E-state index contributed by atoms with van der Waals surface area (Å²) in [4.78, 5) is 3.81. The second kappa shape index (κ2) is 2.60. The van der Waals surface area contributed by atoms with Gasteiger partial charge in [0.15, 0.2) is 0 Å². The van der Waals surface area contributed by atoms with Crippen molar-refractivity contribution in [2.24, 2.45) is 0 Å². The smallest absolute Gasteiger partial charge is 0.0806 e. The molecule has 0 fully saturated rings. The summed E-state index contributed by atoms with van der Waals surface area (Å²) in [6, 6.07) is 3.55. The molecule has 0 bridgehead atoms. The maximum absolute atomic E-state index is 8.87. The minimum Gasteiger partial charge on any atom is -0.388 e. The molecule has 0 saturated heterocycles. The van der Waals surface area contributed by atoms with Crippen molar-refractivity contribution in [2.45, 2.75) is 6.10 Å². The maximum Gasteiger partial charge on any atom is 0.0806 e. The van der Waals surface area contributed by atoms with Gasteiger partial charge in [-0.15, -0.1) is 0 Å². The Morgan fingerprint density at radius 1 is 1.67 bits per heavy atom. The van der Waals surface area contributed by atoms with Crippen molar-refractivity contribution in [3.8, 4) is 0 Å². The average molecular weight is 122 g/mol. The van der Waals surface area contributed by atoms with Crippen molar-refractivity contribution in [3.05, 3.63) is 37.0 Å². The quantitative estimate of drug-likeness (QED) is 0.601. The van der Waals surface area contributed by atoms with Gasteiger partial charge in [0.05, 0.1) is 6.10 Å². The molecule has 9 heavy (non-hydrogen) atoms. The van der Waals surface area contributed by atoms with Crippen LogP contribution in [0.5, 0.6) is 0 Å². The summed E-state index contributed by atoms with van der Waals surface area (Å²) < 4.78 is 0. The van der Waals surface area contributed by atoms with Crippen LogP contribution in [-0.4, -0.2) is 10.1 Å². The van der Waals surface area contributed by atoms with Crippen LogP contribution >= 0.6 is 0 Å². The highest BCUT2D eigenvalue weighted by Gasteiger charge is 1.96. The lowest BCUT2D eigenvalue weighted by molar-refractivity contribution is 0.225. The SMILES string of the molecule is [CH2][C@H](O)c1cccnc1. The number of hydrogen-bond donors (Lipinski definition) is 1.